The van der Waals surface area contributed by atoms with Crippen molar-refractivity contribution < 1.29 is 4.79 Å². The summed E-state index contributed by atoms with van der Waals surface area (Å²) in [6, 6.07) is 10.2. The van der Waals surface area contributed by atoms with Gasteiger partial charge < -0.3 is 20.9 Å². The van der Waals surface area contributed by atoms with Crippen molar-refractivity contribution in [2.45, 2.75) is 46.2 Å². The van der Waals surface area contributed by atoms with E-state index in [-0.39, 0.29) is 18.4 Å². The van der Waals surface area contributed by atoms with E-state index in [2.05, 4.69) is 42.8 Å². The van der Waals surface area contributed by atoms with Crippen molar-refractivity contribution in [3.05, 3.63) is 47.9 Å². The number of anilines is 4. The number of nitrogens with two attached hydrogens (primary N) is 1. The Morgan fingerprint density at radius 2 is 2.00 bits per heavy atom. The lowest BCUT2D eigenvalue weighted by atomic mass is 10.1. The summed E-state index contributed by atoms with van der Waals surface area (Å²) in [6.07, 6.45) is 5.38. The first-order valence-electron chi connectivity index (χ1n) is 11.2. The zero-order valence-electron chi connectivity index (χ0n) is 18.7. The molecule has 170 valence electrons. The number of hydrogen-bond acceptors (Lipinski definition) is 7. The molecule has 1 aromatic carbocycles. The number of aromatic nitrogens is 6. The molecule has 10 nitrogen and oxygen atoms in total. The Bertz CT molecular complexity index is 1300. The topological polar surface area (TPSA) is 129 Å². The highest BCUT2D eigenvalue weighted by Crippen LogP contribution is 2.33. The van der Waals surface area contributed by atoms with Crippen molar-refractivity contribution in [3.63, 3.8) is 0 Å². The number of nitrogen functional groups attached to an aromatic ring is 1. The number of benzene rings is 1. The van der Waals surface area contributed by atoms with E-state index in [1.54, 1.807) is 15.6 Å². The molecule has 0 bridgehead atoms. The van der Waals surface area contributed by atoms with Gasteiger partial charge in [0.1, 0.15) is 12.4 Å². The maximum Gasteiger partial charge on any atom is 0.245 e. The molecular weight excluding hydrogens is 418 g/mol. The van der Waals surface area contributed by atoms with Crippen LogP contribution in [-0.2, 0) is 24.3 Å². The van der Waals surface area contributed by atoms with E-state index in [0.717, 1.165) is 23.7 Å². The van der Waals surface area contributed by atoms with Gasteiger partial charge in [0.25, 0.3) is 0 Å². The van der Waals surface area contributed by atoms with Crippen LogP contribution in [0.3, 0.4) is 0 Å². The van der Waals surface area contributed by atoms with Gasteiger partial charge in [-0.05, 0) is 56.7 Å². The summed E-state index contributed by atoms with van der Waals surface area (Å²) in [6.45, 7) is 4.56. The zero-order valence-corrected chi connectivity index (χ0v) is 18.7. The summed E-state index contributed by atoms with van der Waals surface area (Å²) in [4.78, 5) is 25.8. The second kappa shape index (κ2) is 8.53. The molecule has 1 fully saturated rings. The van der Waals surface area contributed by atoms with Crippen LogP contribution in [0.25, 0.3) is 11.2 Å². The highest BCUT2D eigenvalue weighted by molar-refractivity contribution is 5.92. The predicted molar refractivity (Wildman–Crippen MR) is 127 cm³/mol. The fourth-order valence-electron chi connectivity index (χ4n) is 3.90. The average molecular weight is 446 g/mol. The summed E-state index contributed by atoms with van der Waals surface area (Å²) in [5.41, 5.74) is 10.1. The summed E-state index contributed by atoms with van der Waals surface area (Å²) in [5.74, 6) is 1.91. The molecule has 3 aromatic heterocycles. The number of rotatable bonds is 8. The molecule has 5 rings (SSSR count). The number of nitrogens with one attached hydrogen (secondary N) is 2. The van der Waals surface area contributed by atoms with Gasteiger partial charge >= 0.3 is 0 Å². The lowest BCUT2D eigenvalue weighted by molar-refractivity contribution is -0.116. The van der Waals surface area contributed by atoms with Crippen LogP contribution in [0.15, 0.2) is 36.7 Å². The van der Waals surface area contributed by atoms with Crippen molar-refractivity contribution in [2.75, 3.05) is 16.4 Å². The Labute approximate surface area is 191 Å². The molecule has 4 N–H and O–H groups in total. The Balaban J connectivity index is 1.34. The second-order valence-corrected chi connectivity index (χ2v) is 8.48. The zero-order chi connectivity index (χ0) is 22.9. The lowest BCUT2D eigenvalue weighted by Gasteiger charge is -2.10. The largest absolute Gasteiger partial charge is 0.368 e. The van der Waals surface area contributed by atoms with Crippen LogP contribution in [0.1, 0.15) is 31.0 Å². The fourth-order valence-corrected chi connectivity index (χ4v) is 3.90. The SMILES string of the molecule is CCn1nc(C)cc1NC(=O)Cn1cnc2c(Nc3ccc(CC4CC4)cc3)nc(N)nc21. The van der Waals surface area contributed by atoms with E-state index in [1.165, 1.54) is 18.4 Å². The third-order valence-electron chi connectivity index (χ3n) is 5.70. The third-order valence-corrected chi connectivity index (χ3v) is 5.70. The van der Waals surface area contributed by atoms with Gasteiger partial charge in [-0.15, -0.1) is 0 Å². The number of imidazole rings is 1. The van der Waals surface area contributed by atoms with Gasteiger partial charge in [0.05, 0.1) is 12.0 Å². The molecule has 1 amide bonds. The maximum atomic E-state index is 12.7. The molecule has 0 atom stereocenters. The van der Waals surface area contributed by atoms with E-state index in [0.29, 0.717) is 29.3 Å². The summed E-state index contributed by atoms with van der Waals surface area (Å²) < 4.78 is 3.41. The molecule has 0 saturated heterocycles. The molecule has 0 spiro atoms. The third kappa shape index (κ3) is 4.64. The number of carbonyl (C=O) groups is 1. The van der Waals surface area contributed by atoms with E-state index < -0.39 is 0 Å². The minimum Gasteiger partial charge on any atom is -0.368 e. The summed E-state index contributed by atoms with van der Waals surface area (Å²) >= 11 is 0. The molecule has 3 heterocycles. The smallest absolute Gasteiger partial charge is 0.245 e. The Morgan fingerprint density at radius 1 is 1.21 bits per heavy atom. The normalized spacial score (nSPS) is 13.4. The molecule has 4 aromatic rings. The number of fused-ring (bicyclic) bond motifs is 1. The van der Waals surface area contributed by atoms with Gasteiger partial charge in [0, 0.05) is 18.3 Å². The van der Waals surface area contributed by atoms with Crippen molar-refractivity contribution in [3.8, 4) is 0 Å². The number of hydrogen-bond donors (Lipinski definition) is 3. The van der Waals surface area contributed by atoms with Gasteiger partial charge in [-0.1, -0.05) is 12.1 Å². The summed E-state index contributed by atoms with van der Waals surface area (Å²) in [7, 11) is 0. The van der Waals surface area contributed by atoms with Crippen LogP contribution < -0.4 is 16.4 Å². The quantitative estimate of drug-likeness (QED) is 0.380. The second-order valence-electron chi connectivity index (χ2n) is 8.48. The number of carbonyl (C=O) groups excluding carboxylic acids is 1. The minimum atomic E-state index is -0.207. The van der Waals surface area contributed by atoms with E-state index in [1.807, 2.05) is 32.0 Å². The van der Waals surface area contributed by atoms with Gasteiger partial charge in [-0.3, -0.25) is 4.79 Å². The Kier molecular flexibility index (Phi) is 5.41. The molecule has 1 saturated carbocycles. The molecule has 33 heavy (non-hydrogen) atoms. The van der Waals surface area contributed by atoms with Crippen molar-refractivity contribution in [2.24, 2.45) is 5.92 Å². The number of amides is 1. The van der Waals surface area contributed by atoms with Crippen LogP contribution in [0.2, 0.25) is 0 Å². The average Bonchev–Trinajstić information content (AvgIpc) is 3.41. The first kappa shape index (κ1) is 20.9. The molecule has 0 aliphatic heterocycles. The molecule has 1 aliphatic rings. The van der Waals surface area contributed by atoms with Crippen LogP contribution in [0, 0.1) is 12.8 Å². The van der Waals surface area contributed by atoms with Crippen LogP contribution in [0.4, 0.5) is 23.3 Å². The monoisotopic (exact) mass is 445 g/mol. The predicted octanol–water partition coefficient (Wildman–Crippen LogP) is 3.27. The first-order valence-corrected chi connectivity index (χ1v) is 11.2. The highest BCUT2D eigenvalue weighted by Gasteiger charge is 2.21. The van der Waals surface area contributed by atoms with E-state index in [4.69, 9.17) is 5.73 Å². The molecule has 0 radical (unpaired) electrons. The van der Waals surface area contributed by atoms with Crippen LogP contribution >= 0.6 is 0 Å². The van der Waals surface area contributed by atoms with Crippen LogP contribution in [0.5, 0.6) is 0 Å². The maximum absolute atomic E-state index is 12.7. The van der Waals surface area contributed by atoms with Crippen molar-refractivity contribution in [1.82, 2.24) is 29.3 Å². The fraction of sp³-hybridized carbons (Fsp3) is 0.348. The summed E-state index contributed by atoms with van der Waals surface area (Å²) in [5, 5.41) is 10.5. The van der Waals surface area contributed by atoms with E-state index in [9.17, 15) is 4.79 Å². The molecular formula is C23H27N9O. The highest BCUT2D eigenvalue weighted by atomic mass is 16.2. The standard InChI is InChI=1S/C23H27N9O/c1-3-32-18(10-14(2)30-32)27-19(33)12-31-13-25-20-21(28-23(24)29-22(20)31)26-17-8-6-16(7-9-17)11-15-4-5-15/h6-10,13,15H,3-5,11-12H2,1-2H3,(H,27,33)(H3,24,26,28,29). The molecule has 10 heteroatoms. The number of aryl methyl sites for hydroxylation is 2. The van der Waals surface area contributed by atoms with Crippen molar-refractivity contribution in [1.29, 1.82) is 0 Å². The van der Waals surface area contributed by atoms with Crippen molar-refractivity contribution >= 4 is 40.3 Å². The molecule has 1 aliphatic carbocycles. The van der Waals surface area contributed by atoms with Gasteiger partial charge in [-0.2, -0.15) is 15.1 Å². The number of nitrogens with zero attached hydrogens (tertiary/aromatic N) is 6. The first-order chi connectivity index (χ1) is 16.0. The minimum absolute atomic E-state index is 0.0379. The van der Waals surface area contributed by atoms with Gasteiger partial charge in [0.15, 0.2) is 17.0 Å². The Hall–Kier alpha value is -3.95. The van der Waals surface area contributed by atoms with Gasteiger partial charge in [0.2, 0.25) is 11.9 Å². The van der Waals surface area contributed by atoms with Gasteiger partial charge in [-0.25, -0.2) is 9.67 Å². The Morgan fingerprint density at radius 3 is 2.73 bits per heavy atom. The molecule has 0 unspecified atom stereocenters. The lowest BCUT2D eigenvalue weighted by Crippen LogP contribution is -2.20. The van der Waals surface area contributed by atoms with Crippen LogP contribution in [-0.4, -0.2) is 35.2 Å². The van der Waals surface area contributed by atoms with E-state index >= 15 is 0 Å².